The maximum atomic E-state index is 10.8. The third-order valence-electron chi connectivity index (χ3n) is 3.16. The third kappa shape index (κ3) is 13.9. The van der Waals surface area contributed by atoms with Crippen LogP contribution < -0.4 is 22.4 Å². The first-order valence-electron chi connectivity index (χ1n) is 9.13. The van der Waals surface area contributed by atoms with Crippen LogP contribution in [-0.4, -0.2) is 40.2 Å². The van der Waals surface area contributed by atoms with Crippen molar-refractivity contribution in [1.82, 2.24) is 10.4 Å². The van der Waals surface area contributed by atoms with E-state index in [0.29, 0.717) is 24.7 Å². The number of carboxylic acids is 1. The van der Waals surface area contributed by atoms with Gasteiger partial charge in [0, 0.05) is 24.0 Å². The number of nitrogens with zero attached hydrogens (tertiary/aromatic N) is 2. The Balaban J connectivity index is 0. The van der Waals surface area contributed by atoms with E-state index in [1.54, 1.807) is 11.3 Å². The standard InChI is InChI=1S/C8H18N4O2.C7H12N2OS.C2H6/c1-5(2)3-6(8(13)14)4-7(11-9)12-10;1-2-6-5-9-7(11-6)8-3-4-10;1-2/h5-6H,3-4,9-10H2,1-2H3,(H,11,12)(H,13,14);5,10H,2-4H2,1H3,(H,8,9);1-2H3/t6-;;/m0../s1. The molecule has 8 N–H and O–H groups in total. The van der Waals surface area contributed by atoms with E-state index >= 15 is 0 Å². The molecule has 0 fully saturated rings. The second kappa shape index (κ2) is 17.5. The number of anilines is 1. The predicted octanol–water partition coefficient (Wildman–Crippen LogP) is 1.99. The Bertz CT molecular complexity index is 523. The number of amidine groups is 1. The van der Waals surface area contributed by atoms with Crippen molar-refractivity contribution in [1.29, 1.82) is 0 Å². The second-order valence-corrected chi connectivity index (χ2v) is 6.84. The molecular formula is C17H36N6O3S. The van der Waals surface area contributed by atoms with Gasteiger partial charge in [-0.05, 0) is 18.8 Å². The smallest absolute Gasteiger partial charge is 0.306 e. The highest BCUT2D eigenvalue weighted by atomic mass is 32.1. The number of aryl methyl sites for hydroxylation is 1. The summed E-state index contributed by atoms with van der Waals surface area (Å²) in [6, 6.07) is 0. The van der Waals surface area contributed by atoms with Gasteiger partial charge in [0.15, 0.2) is 5.13 Å². The molecule has 1 heterocycles. The van der Waals surface area contributed by atoms with Crippen molar-refractivity contribution in [3.05, 3.63) is 11.1 Å². The van der Waals surface area contributed by atoms with E-state index in [2.05, 4.69) is 27.8 Å². The van der Waals surface area contributed by atoms with Crippen molar-refractivity contribution in [3.63, 3.8) is 0 Å². The first kappa shape index (κ1) is 27.3. The van der Waals surface area contributed by atoms with Crippen molar-refractivity contribution in [2.75, 3.05) is 18.5 Å². The monoisotopic (exact) mass is 404 g/mol. The quantitative estimate of drug-likeness (QED) is 0.158. The average molecular weight is 405 g/mol. The van der Waals surface area contributed by atoms with Crippen molar-refractivity contribution >= 4 is 28.3 Å². The maximum Gasteiger partial charge on any atom is 0.306 e. The number of carbonyl (C=O) groups is 1. The number of aliphatic carboxylic acids is 1. The van der Waals surface area contributed by atoms with Crippen LogP contribution in [-0.2, 0) is 11.2 Å². The van der Waals surface area contributed by atoms with Gasteiger partial charge < -0.3 is 26.8 Å². The summed E-state index contributed by atoms with van der Waals surface area (Å²) in [5.41, 5.74) is 2.27. The molecule has 0 saturated heterocycles. The molecule has 27 heavy (non-hydrogen) atoms. The van der Waals surface area contributed by atoms with E-state index in [9.17, 15) is 4.79 Å². The number of thiazole rings is 1. The Morgan fingerprint density at radius 1 is 1.41 bits per heavy atom. The largest absolute Gasteiger partial charge is 0.481 e. The zero-order chi connectivity index (χ0) is 21.2. The number of carboxylic acid groups (broad SMARTS) is 1. The molecule has 1 atom stereocenters. The topological polar surface area (TPSA) is 159 Å². The molecule has 0 aliphatic carbocycles. The van der Waals surface area contributed by atoms with Crippen LogP contribution in [0, 0.1) is 11.8 Å². The summed E-state index contributed by atoms with van der Waals surface area (Å²) in [7, 11) is 0. The van der Waals surface area contributed by atoms with Crippen LogP contribution in [0.2, 0.25) is 0 Å². The Morgan fingerprint density at radius 3 is 2.41 bits per heavy atom. The third-order valence-corrected chi connectivity index (χ3v) is 4.26. The van der Waals surface area contributed by atoms with Crippen molar-refractivity contribution in [3.8, 4) is 0 Å². The summed E-state index contributed by atoms with van der Waals surface area (Å²) in [5, 5.41) is 24.7. The van der Waals surface area contributed by atoms with Gasteiger partial charge in [-0.25, -0.2) is 10.8 Å². The Kier molecular flexibility index (Phi) is 17.7. The van der Waals surface area contributed by atoms with Gasteiger partial charge >= 0.3 is 5.97 Å². The van der Waals surface area contributed by atoms with Crippen LogP contribution in [0.3, 0.4) is 0 Å². The molecule has 0 bridgehead atoms. The molecule has 0 aliphatic heterocycles. The summed E-state index contributed by atoms with van der Waals surface area (Å²) in [6.45, 7) is 10.8. The van der Waals surface area contributed by atoms with Gasteiger partial charge in [-0.1, -0.05) is 34.6 Å². The number of hydrazine groups is 1. The number of aliphatic hydroxyl groups is 1. The second-order valence-electron chi connectivity index (χ2n) is 5.72. The molecule has 9 nitrogen and oxygen atoms in total. The summed E-state index contributed by atoms with van der Waals surface area (Å²) < 4.78 is 0. The molecule has 0 aromatic carbocycles. The number of nitrogens with one attached hydrogen (secondary N) is 2. The molecule has 0 radical (unpaired) electrons. The number of aliphatic hydroxyl groups excluding tert-OH is 1. The Morgan fingerprint density at radius 2 is 2.04 bits per heavy atom. The molecular weight excluding hydrogens is 368 g/mol. The van der Waals surface area contributed by atoms with Crippen molar-refractivity contribution in [2.45, 2.75) is 53.9 Å². The molecule has 1 rings (SSSR count). The van der Waals surface area contributed by atoms with E-state index in [1.165, 1.54) is 4.88 Å². The number of hydrazone groups is 1. The van der Waals surface area contributed by atoms with Crippen molar-refractivity contribution < 1.29 is 15.0 Å². The van der Waals surface area contributed by atoms with E-state index in [0.717, 1.165) is 11.6 Å². The molecule has 10 heteroatoms. The van der Waals surface area contributed by atoms with Crippen LogP contribution in [0.25, 0.3) is 0 Å². The minimum Gasteiger partial charge on any atom is -0.481 e. The number of hydrogen-bond donors (Lipinski definition) is 6. The van der Waals surface area contributed by atoms with Gasteiger partial charge in [0.05, 0.1) is 12.5 Å². The van der Waals surface area contributed by atoms with Crippen LogP contribution in [0.4, 0.5) is 5.13 Å². The van der Waals surface area contributed by atoms with Gasteiger partial charge in [0.25, 0.3) is 0 Å². The van der Waals surface area contributed by atoms with Gasteiger partial charge in [0.2, 0.25) is 0 Å². The first-order chi connectivity index (χ1) is 12.9. The highest BCUT2D eigenvalue weighted by Crippen LogP contribution is 2.17. The Hall–Kier alpha value is -1.91. The average Bonchev–Trinajstić information content (AvgIpc) is 3.13. The summed E-state index contributed by atoms with van der Waals surface area (Å²) in [5.74, 6) is 9.40. The SMILES string of the molecule is CC.CC(C)C[C@@H](C/C(=N/N)NN)C(=O)O.CCc1cnc(NCCO)s1. The highest BCUT2D eigenvalue weighted by Gasteiger charge is 2.20. The normalized spacial score (nSPS) is 11.6. The van der Waals surface area contributed by atoms with Gasteiger partial charge in [0.1, 0.15) is 5.84 Å². The Labute approximate surface area is 166 Å². The molecule has 0 amide bonds. The van der Waals surface area contributed by atoms with Crippen LogP contribution in [0.1, 0.15) is 52.3 Å². The van der Waals surface area contributed by atoms with Crippen LogP contribution in [0.15, 0.2) is 11.3 Å². The fraction of sp³-hybridized carbons (Fsp3) is 0.706. The van der Waals surface area contributed by atoms with E-state index in [-0.39, 0.29) is 13.0 Å². The predicted molar refractivity (Wildman–Crippen MR) is 113 cm³/mol. The van der Waals surface area contributed by atoms with Gasteiger partial charge in [-0.15, -0.1) is 11.3 Å². The molecule has 0 saturated carbocycles. The number of nitrogens with two attached hydrogens (primary N) is 2. The van der Waals surface area contributed by atoms with E-state index in [4.69, 9.17) is 21.9 Å². The lowest BCUT2D eigenvalue weighted by molar-refractivity contribution is -0.142. The van der Waals surface area contributed by atoms with Crippen LogP contribution >= 0.6 is 11.3 Å². The number of aromatic nitrogens is 1. The minimum atomic E-state index is -0.852. The molecule has 158 valence electrons. The van der Waals surface area contributed by atoms with Gasteiger partial charge in [-0.3, -0.25) is 4.79 Å². The zero-order valence-corrected chi connectivity index (χ0v) is 17.8. The number of hydrogen-bond acceptors (Lipinski definition) is 8. The molecule has 1 aromatic heterocycles. The molecule has 1 aromatic rings. The lowest BCUT2D eigenvalue weighted by Gasteiger charge is -2.14. The van der Waals surface area contributed by atoms with Gasteiger partial charge in [-0.2, -0.15) is 5.10 Å². The highest BCUT2D eigenvalue weighted by molar-refractivity contribution is 7.15. The number of rotatable bonds is 9. The zero-order valence-electron chi connectivity index (χ0n) is 17.0. The minimum absolute atomic E-state index is 0.154. The van der Waals surface area contributed by atoms with Crippen LogP contribution in [0.5, 0.6) is 0 Å². The van der Waals surface area contributed by atoms with E-state index < -0.39 is 11.9 Å². The lowest BCUT2D eigenvalue weighted by atomic mass is 9.94. The lowest BCUT2D eigenvalue weighted by Crippen LogP contribution is -2.34. The first-order valence-corrected chi connectivity index (χ1v) is 9.95. The molecule has 0 unspecified atom stereocenters. The summed E-state index contributed by atoms with van der Waals surface area (Å²) in [6.07, 6.45) is 3.71. The molecule has 0 aliphatic rings. The van der Waals surface area contributed by atoms with Crippen molar-refractivity contribution in [2.24, 2.45) is 28.6 Å². The molecule has 0 spiro atoms. The fourth-order valence-corrected chi connectivity index (χ4v) is 2.72. The summed E-state index contributed by atoms with van der Waals surface area (Å²) in [4.78, 5) is 16.2. The fourth-order valence-electron chi connectivity index (χ4n) is 1.94. The summed E-state index contributed by atoms with van der Waals surface area (Å²) >= 11 is 1.64. The van der Waals surface area contributed by atoms with E-state index in [1.807, 2.05) is 33.9 Å². The maximum absolute atomic E-state index is 10.8.